The van der Waals surface area contributed by atoms with Crippen molar-refractivity contribution in [3.8, 4) is 0 Å². The first-order valence-electron chi connectivity index (χ1n) is 8.07. The van der Waals surface area contributed by atoms with E-state index in [9.17, 15) is 4.79 Å². The summed E-state index contributed by atoms with van der Waals surface area (Å²) < 4.78 is 0. The average molecular weight is 266 g/mol. The molecule has 2 rings (SSSR count). The van der Waals surface area contributed by atoms with Crippen LogP contribution in [0, 0.1) is 5.41 Å². The van der Waals surface area contributed by atoms with Gasteiger partial charge in [-0.3, -0.25) is 4.79 Å². The third-order valence-corrected chi connectivity index (χ3v) is 4.73. The fourth-order valence-corrected chi connectivity index (χ4v) is 3.69. The van der Waals surface area contributed by atoms with Gasteiger partial charge in [0.1, 0.15) is 0 Å². The Hall–Kier alpha value is -0.570. The van der Waals surface area contributed by atoms with Crippen LogP contribution in [0.4, 0.5) is 0 Å². The van der Waals surface area contributed by atoms with Gasteiger partial charge in [0.25, 0.3) is 0 Å². The van der Waals surface area contributed by atoms with E-state index in [1.165, 1.54) is 25.7 Å². The van der Waals surface area contributed by atoms with Crippen LogP contribution in [0.2, 0.25) is 0 Å². The summed E-state index contributed by atoms with van der Waals surface area (Å²) in [6.07, 6.45) is 8.24. The Morgan fingerprint density at radius 1 is 1.32 bits per heavy atom. The number of hydrogen-bond donors (Lipinski definition) is 1. The van der Waals surface area contributed by atoms with Gasteiger partial charge in [0, 0.05) is 12.6 Å². The molecule has 1 aliphatic heterocycles. The number of hydrogen-bond acceptors (Lipinski definition) is 2. The van der Waals surface area contributed by atoms with Crippen molar-refractivity contribution in [2.24, 2.45) is 5.41 Å². The minimum atomic E-state index is 0.0822. The minimum absolute atomic E-state index is 0.0822. The molecule has 3 nitrogen and oxygen atoms in total. The third kappa shape index (κ3) is 3.71. The van der Waals surface area contributed by atoms with Gasteiger partial charge in [-0.2, -0.15) is 0 Å². The maximum atomic E-state index is 12.6. The van der Waals surface area contributed by atoms with E-state index in [2.05, 4.69) is 31.0 Å². The quantitative estimate of drug-likeness (QED) is 0.848. The predicted octanol–water partition coefficient (Wildman–Crippen LogP) is 2.95. The molecule has 1 N–H and O–H groups in total. The molecule has 110 valence electrons. The second kappa shape index (κ2) is 6.25. The fraction of sp³-hybridized carbons (Fsp3) is 0.938. The van der Waals surface area contributed by atoms with Crippen molar-refractivity contribution < 1.29 is 4.79 Å². The molecule has 1 saturated heterocycles. The zero-order valence-corrected chi connectivity index (χ0v) is 12.9. The number of carbonyl (C=O) groups excluding carboxylic acids is 1. The van der Waals surface area contributed by atoms with Gasteiger partial charge in [0.2, 0.25) is 5.91 Å². The Kier molecular flexibility index (Phi) is 4.88. The molecule has 0 aromatic heterocycles. The van der Waals surface area contributed by atoms with Crippen LogP contribution in [0.1, 0.15) is 65.7 Å². The highest BCUT2D eigenvalue weighted by atomic mass is 16.2. The van der Waals surface area contributed by atoms with Crippen LogP contribution in [0.5, 0.6) is 0 Å². The van der Waals surface area contributed by atoms with Crippen LogP contribution in [-0.4, -0.2) is 36.0 Å². The monoisotopic (exact) mass is 266 g/mol. The summed E-state index contributed by atoms with van der Waals surface area (Å²) in [5.74, 6) is 0.363. The summed E-state index contributed by atoms with van der Waals surface area (Å²) in [5.41, 5.74) is 0.410. The van der Waals surface area contributed by atoms with Crippen molar-refractivity contribution >= 4 is 5.91 Å². The Morgan fingerprint density at radius 2 is 2.11 bits per heavy atom. The maximum Gasteiger partial charge on any atom is 0.239 e. The molecular formula is C16H30N2O. The standard InChI is InChI=1S/C16H30N2O/c1-4-10-17-14-8-6-11-18(15(14)19)13-7-5-9-16(2,3)12-13/h13-14,17H,4-12H2,1-3H3. The lowest BCUT2D eigenvalue weighted by molar-refractivity contribution is -0.140. The number of nitrogens with zero attached hydrogens (tertiary/aromatic N) is 1. The van der Waals surface area contributed by atoms with Crippen LogP contribution in [0.3, 0.4) is 0 Å². The van der Waals surface area contributed by atoms with Crippen LogP contribution >= 0.6 is 0 Å². The van der Waals surface area contributed by atoms with Crippen molar-refractivity contribution in [1.29, 1.82) is 0 Å². The van der Waals surface area contributed by atoms with Crippen LogP contribution in [0.15, 0.2) is 0 Å². The highest BCUT2D eigenvalue weighted by Gasteiger charge is 2.37. The maximum absolute atomic E-state index is 12.6. The predicted molar refractivity (Wildman–Crippen MR) is 79.1 cm³/mol. The molecule has 0 radical (unpaired) electrons. The fourth-order valence-electron chi connectivity index (χ4n) is 3.69. The largest absolute Gasteiger partial charge is 0.338 e. The molecule has 2 fully saturated rings. The first-order valence-corrected chi connectivity index (χ1v) is 8.07. The molecule has 0 spiro atoms. The van der Waals surface area contributed by atoms with E-state index in [4.69, 9.17) is 0 Å². The summed E-state index contributed by atoms with van der Waals surface area (Å²) in [7, 11) is 0. The first kappa shape index (κ1) is 14.8. The Balaban J connectivity index is 1.97. The van der Waals surface area contributed by atoms with E-state index in [1.807, 2.05) is 0 Å². The summed E-state index contributed by atoms with van der Waals surface area (Å²) in [5, 5.41) is 3.42. The summed E-state index contributed by atoms with van der Waals surface area (Å²) in [4.78, 5) is 14.8. The highest BCUT2D eigenvalue weighted by molar-refractivity contribution is 5.83. The lowest BCUT2D eigenvalue weighted by Gasteiger charge is -2.44. The van der Waals surface area contributed by atoms with Crippen LogP contribution in [-0.2, 0) is 4.79 Å². The van der Waals surface area contributed by atoms with Crippen LogP contribution < -0.4 is 5.32 Å². The van der Waals surface area contributed by atoms with Gasteiger partial charge in [0.05, 0.1) is 6.04 Å². The SMILES string of the molecule is CCCNC1CCCN(C2CCCC(C)(C)C2)C1=O. The molecule has 2 aliphatic rings. The van der Waals surface area contributed by atoms with E-state index < -0.39 is 0 Å². The topological polar surface area (TPSA) is 32.3 Å². The van der Waals surface area contributed by atoms with Gasteiger partial charge in [-0.25, -0.2) is 0 Å². The van der Waals surface area contributed by atoms with E-state index in [1.54, 1.807) is 0 Å². The minimum Gasteiger partial charge on any atom is -0.338 e. The van der Waals surface area contributed by atoms with Gasteiger partial charge in [-0.15, -0.1) is 0 Å². The number of carbonyl (C=O) groups is 1. The third-order valence-electron chi connectivity index (χ3n) is 4.73. The average Bonchev–Trinajstić information content (AvgIpc) is 2.36. The summed E-state index contributed by atoms with van der Waals surface area (Å²) >= 11 is 0. The van der Waals surface area contributed by atoms with Crippen molar-refractivity contribution in [1.82, 2.24) is 10.2 Å². The Morgan fingerprint density at radius 3 is 2.79 bits per heavy atom. The molecule has 1 heterocycles. The molecule has 0 aromatic carbocycles. The van der Waals surface area contributed by atoms with E-state index in [-0.39, 0.29) is 6.04 Å². The van der Waals surface area contributed by atoms with Crippen molar-refractivity contribution in [2.75, 3.05) is 13.1 Å². The van der Waals surface area contributed by atoms with E-state index in [0.29, 0.717) is 17.4 Å². The zero-order chi connectivity index (χ0) is 13.9. The zero-order valence-electron chi connectivity index (χ0n) is 12.9. The van der Waals surface area contributed by atoms with Crippen molar-refractivity contribution in [3.63, 3.8) is 0 Å². The van der Waals surface area contributed by atoms with Gasteiger partial charge >= 0.3 is 0 Å². The lowest BCUT2D eigenvalue weighted by atomic mass is 9.74. The molecular weight excluding hydrogens is 236 g/mol. The highest BCUT2D eigenvalue weighted by Crippen LogP contribution is 2.38. The molecule has 19 heavy (non-hydrogen) atoms. The molecule has 3 heteroatoms. The van der Waals surface area contributed by atoms with Gasteiger partial charge < -0.3 is 10.2 Å². The first-order chi connectivity index (χ1) is 9.03. The molecule has 1 saturated carbocycles. The smallest absolute Gasteiger partial charge is 0.239 e. The van der Waals surface area contributed by atoms with E-state index >= 15 is 0 Å². The van der Waals surface area contributed by atoms with Crippen molar-refractivity contribution in [2.45, 2.75) is 77.8 Å². The van der Waals surface area contributed by atoms with Gasteiger partial charge in [-0.1, -0.05) is 27.2 Å². The molecule has 2 unspecified atom stereocenters. The van der Waals surface area contributed by atoms with Crippen LogP contribution in [0.25, 0.3) is 0 Å². The number of likely N-dealkylation sites (tertiary alicyclic amines) is 1. The van der Waals surface area contributed by atoms with E-state index in [0.717, 1.165) is 32.4 Å². The molecule has 1 amide bonds. The second-order valence-electron chi connectivity index (χ2n) is 7.09. The Bertz CT molecular complexity index is 314. The number of nitrogens with one attached hydrogen (secondary N) is 1. The van der Waals surface area contributed by atoms with Gasteiger partial charge in [-0.05, 0) is 50.5 Å². The number of rotatable bonds is 4. The summed E-state index contributed by atoms with van der Waals surface area (Å²) in [6.45, 7) is 8.78. The van der Waals surface area contributed by atoms with Crippen molar-refractivity contribution in [3.05, 3.63) is 0 Å². The normalized spacial score (nSPS) is 31.5. The summed E-state index contributed by atoms with van der Waals surface area (Å²) in [6, 6.07) is 0.571. The Labute approximate surface area is 118 Å². The second-order valence-corrected chi connectivity index (χ2v) is 7.09. The lowest BCUT2D eigenvalue weighted by Crippen LogP contribution is -2.55. The number of piperidine rings is 1. The number of amides is 1. The molecule has 1 aliphatic carbocycles. The molecule has 0 bridgehead atoms. The molecule has 0 aromatic rings. The van der Waals surface area contributed by atoms with Gasteiger partial charge in [0.15, 0.2) is 0 Å². The molecule has 2 atom stereocenters.